The maximum atomic E-state index is 12.4. The number of sulfonamides is 1. The zero-order chi connectivity index (χ0) is 14.9. The van der Waals surface area contributed by atoms with Crippen molar-refractivity contribution in [2.45, 2.75) is 11.8 Å². The van der Waals surface area contributed by atoms with E-state index in [1.165, 1.54) is 6.07 Å². The Morgan fingerprint density at radius 2 is 1.90 bits per heavy atom. The zero-order valence-electron chi connectivity index (χ0n) is 10.5. The third kappa shape index (κ3) is 3.08. The lowest BCUT2D eigenvalue weighted by Crippen LogP contribution is -2.15. The second-order valence-corrected chi connectivity index (χ2v) is 7.18. The molecule has 0 fully saturated rings. The van der Waals surface area contributed by atoms with Crippen LogP contribution in [-0.2, 0) is 10.0 Å². The number of hydrogen-bond donors (Lipinski definition) is 2. The lowest BCUT2D eigenvalue weighted by Gasteiger charge is -2.13. The Bertz CT molecular complexity index is 763. The molecule has 2 rings (SSSR count). The summed E-state index contributed by atoms with van der Waals surface area (Å²) in [5.41, 5.74) is 7.01. The molecule has 0 saturated heterocycles. The first-order chi connectivity index (χ1) is 9.31. The van der Waals surface area contributed by atoms with Crippen molar-refractivity contribution >= 4 is 48.9 Å². The quantitative estimate of drug-likeness (QED) is 0.802. The van der Waals surface area contributed by atoms with Crippen LogP contribution in [0.4, 0.5) is 11.4 Å². The number of anilines is 2. The maximum absolute atomic E-state index is 12.4. The van der Waals surface area contributed by atoms with Crippen molar-refractivity contribution in [3.8, 4) is 0 Å². The zero-order valence-corrected chi connectivity index (χ0v) is 13.7. The molecule has 0 aliphatic heterocycles. The molecule has 2 aromatic carbocycles. The first-order valence-corrected chi connectivity index (χ1v) is 8.29. The molecule has 0 unspecified atom stereocenters. The second kappa shape index (κ2) is 5.63. The van der Waals surface area contributed by atoms with Crippen molar-refractivity contribution < 1.29 is 8.42 Å². The molecule has 3 N–H and O–H groups in total. The van der Waals surface area contributed by atoms with Crippen molar-refractivity contribution in [2.24, 2.45) is 0 Å². The van der Waals surface area contributed by atoms with Crippen molar-refractivity contribution in [3.63, 3.8) is 0 Å². The standard InChI is InChI=1S/C13H12BrClN2O2S/c1-8-11(16)6-9(14)7-13(8)20(18,19)17-12-5-3-2-4-10(12)15/h2-7,17H,16H2,1H3. The van der Waals surface area contributed by atoms with Gasteiger partial charge >= 0.3 is 0 Å². The molecular weight excluding hydrogens is 364 g/mol. The molecule has 0 bridgehead atoms. The van der Waals surface area contributed by atoms with Gasteiger partial charge < -0.3 is 5.73 Å². The maximum Gasteiger partial charge on any atom is 0.262 e. The molecule has 106 valence electrons. The number of nitrogen functional groups attached to an aromatic ring is 1. The molecule has 0 radical (unpaired) electrons. The topological polar surface area (TPSA) is 72.2 Å². The molecule has 4 nitrogen and oxygen atoms in total. The van der Waals surface area contributed by atoms with Crippen molar-refractivity contribution in [3.05, 3.63) is 51.5 Å². The van der Waals surface area contributed by atoms with E-state index in [2.05, 4.69) is 20.7 Å². The van der Waals surface area contributed by atoms with Gasteiger partial charge in [-0.25, -0.2) is 8.42 Å². The fourth-order valence-corrected chi connectivity index (χ4v) is 3.94. The smallest absolute Gasteiger partial charge is 0.262 e. The average Bonchev–Trinajstić information content (AvgIpc) is 2.36. The summed E-state index contributed by atoms with van der Waals surface area (Å²) in [6.45, 7) is 1.66. The van der Waals surface area contributed by atoms with Crippen LogP contribution in [-0.4, -0.2) is 8.42 Å². The van der Waals surface area contributed by atoms with Gasteiger partial charge in [0.15, 0.2) is 0 Å². The molecule has 0 aliphatic rings. The largest absolute Gasteiger partial charge is 0.398 e. The fraction of sp³-hybridized carbons (Fsp3) is 0.0769. The van der Waals surface area contributed by atoms with Gasteiger partial charge in [-0.05, 0) is 36.8 Å². The number of rotatable bonds is 3. The van der Waals surface area contributed by atoms with Crippen LogP contribution in [0.2, 0.25) is 5.02 Å². The third-order valence-electron chi connectivity index (χ3n) is 2.77. The summed E-state index contributed by atoms with van der Waals surface area (Å²) in [7, 11) is -3.76. The lowest BCUT2D eigenvalue weighted by atomic mass is 10.2. The van der Waals surface area contributed by atoms with Gasteiger partial charge in [0.2, 0.25) is 0 Å². The van der Waals surface area contributed by atoms with E-state index < -0.39 is 10.0 Å². The summed E-state index contributed by atoms with van der Waals surface area (Å²) < 4.78 is 27.9. The highest BCUT2D eigenvalue weighted by atomic mass is 79.9. The highest BCUT2D eigenvalue weighted by molar-refractivity contribution is 9.10. The molecule has 20 heavy (non-hydrogen) atoms. The van der Waals surface area contributed by atoms with Crippen molar-refractivity contribution in [1.29, 1.82) is 0 Å². The van der Waals surface area contributed by atoms with Crippen LogP contribution in [0.5, 0.6) is 0 Å². The number of nitrogens with two attached hydrogens (primary N) is 1. The first kappa shape index (κ1) is 15.2. The number of halogens is 2. The SMILES string of the molecule is Cc1c(N)cc(Br)cc1S(=O)(=O)Nc1ccccc1Cl. The summed E-state index contributed by atoms with van der Waals surface area (Å²) in [5, 5.41) is 0.330. The average molecular weight is 376 g/mol. The van der Waals surface area contributed by atoms with Crippen molar-refractivity contribution in [2.75, 3.05) is 10.5 Å². The second-order valence-electron chi connectivity index (χ2n) is 4.20. The molecule has 0 aliphatic carbocycles. The van der Waals surface area contributed by atoms with Gasteiger partial charge in [0.05, 0.1) is 15.6 Å². The summed E-state index contributed by atoms with van der Waals surface area (Å²) >= 11 is 9.20. The monoisotopic (exact) mass is 374 g/mol. The summed E-state index contributed by atoms with van der Waals surface area (Å²) in [6.07, 6.45) is 0. The van der Waals surface area contributed by atoms with Gasteiger partial charge in [0, 0.05) is 10.2 Å². The van der Waals surface area contributed by atoms with Gasteiger partial charge in [0.1, 0.15) is 0 Å². The molecule has 0 heterocycles. The molecule has 0 amide bonds. The minimum absolute atomic E-state index is 0.115. The summed E-state index contributed by atoms with van der Waals surface area (Å²) in [6, 6.07) is 9.79. The Kier molecular flexibility index (Phi) is 4.27. The highest BCUT2D eigenvalue weighted by Crippen LogP contribution is 2.29. The normalized spacial score (nSPS) is 11.3. The molecule has 0 atom stereocenters. The summed E-state index contributed by atoms with van der Waals surface area (Å²) in [5.74, 6) is 0. The number of benzene rings is 2. The van der Waals surface area contributed by atoms with E-state index in [0.29, 0.717) is 26.4 Å². The third-order valence-corrected chi connectivity index (χ3v) is 5.05. The van der Waals surface area contributed by atoms with E-state index in [0.717, 1.165) is 0 Å². The van der Waals surface area contributed by atoms with Gasteiger partial charge in [0.25, 0.3) is 10.0 Å². The van der Waals surface area contributed by atoms with Crippen LogP contribution in [0, 0.1) is 6.92 Å². The van der Waals surface area contributed by atoms with Crippen molar-refractivity contribution in [1.82, 2.24) is 0 Å². The van der Waals surface area contributed by atoms with Crippen LogP contribution in [0.15, 0.2) is 45.8 Å². The fourth-order valence-electron chi connectivity index (χ4n) is 1.70. The molecule has 0 spiro atoms. The van der Waals surface area contributed by atoms with E-state index in [1.807, 2.05) is 0 Å². The molecule has 2 aromatic rings. The number of hydrogen-bond acceptors (Lipinski definition) is 3. The van der Waals surface area contributed by atoms with E-state index in [9.17, 15) is 8.42 Å². The molecular formula is C13H12BrClN2O2S. The van der Waals surface area contributed by atoms with E-state index >= 15 is 0 Å². The van der Waals surface area contributed by atoms with Gasteiger partial charge in [-0.3, -0.25) is 4.72 Å². The predicted molar refractivity (Wildman–Crippen MR) is 85.6 cm³/mol. The first-order valence-electron chi connectivity index (χ1n) is 5.64. The molecule has 7 heteroatoms. The van der Waals surface area contributed by atoms with Crippen LogP contribution in [0.1, 0.15) is 5.56 Å². The van der Waals surface area contributed by atoms with Gasteiger partial charge in [-0.1, -0.05) is 39.7 Å². The number of para-hydroxylation sites is 1. The molecule has 0 saturated carbocycles. The van der Waals surface area contributed by atoms with E-state index in [4.69, 9.17) is 17.3 Å². The highest BCUT2D eigenvalue weighted by Gasteiger charge is 2.20. The Morgan fingerprint density at radius 1 is 1.25 bits per heavy atom. The van der Waals surface area contributed by atoms with Crippen LogP contribution in [0.3, 0.4) is 0 Å². The van der Waals surface area contributed by atoms with Crippen LogP contribution in [0.25, 0.3) is 0 Å². The minimum atomic E-state index is -3.76. The van der Waals surface area contributed by atoms with E-state index in [-0.39, 0.29) is 4.90 Å². The summed E-state index contributed by atoms with van der Waals surface area (Å²) in [4.78, 5) is 0.115. The Morgan fingerprint density at radius 3 is 2.55 bits per heavy atom. The van der Waals surface area contributed by atoms with Crippen LogP contribution < -0.4 is 10.5 Å². The predicted octanol–water partition coefficient (Wildman–Crippen LogP) is 3.79. The molecule has 0 aromatic heterocycles. The Hall–Kier alpha value is -1.24. The van der Waals surface area contributed by atoms with Gasteiger partial charge in [-0.15, -0.1) is 0 Å². The van der Waals surface area contributed by atoms with Crippen LogP contribution >= 0.6 is 27.5 Å². The van der Waals surface area contributed by atoms with E-state index in [1.54, 1.807) is 37.3 Å². The van der Waals surface area contributed by atoms with Gasteiger partial charge in [-0.2, -0.15) is 0 Å². The lowest BCUT2D eigenvalue weighted by molar-refractivity contribution is 0.600. The Balaban J connectivity index is 2.49. The number of nitrogens with one attached hydrogen (secondary N) is 1. The Labute approximate surface area is 131 Å². The minimum Gasteiger partial charge on any atom is -0.398 e.